The summed E-state index contributed by atoms with van der Waals surface area (Å²) in [4.78, 5) is 14.3. The Morgan fingerprint density at radius 2 is 2.00 bits per heavy atom. The molecule has 4 heteroatoms. The maximum absolute atomic E-state index is 12.4. The third kappa shape index (κ3) is 3.41. The summed E-state index contributed by atoms with van der Waals surface area (Å²) in [6, 6.07) is 8.13. The number of carbonyl (C=O) groups excluding carboxylic acids is 1. The van der Waals surface area contributed by atoms with Crippen molar-refractivity contribution in [1.82, 2.24) is 0 Å². The number of anilines is 1. The van der Waals surface area contributed by atoms with Gasteiger partial charge in [-0.2, -0.15) is 0 Å². The first-order valence-corrected chi connectivity index (χ1v) is 8.15. The second-order valence-electron chi connectivity index (χ2n) is 5.09. The van der Waals surface area contributed by atoms with E-state index in [0.29, 0.717) is 13.0 Å². The van der Waals surface area contributed by atoms with Gasteiger partial charge in [0.2, 0.25) is 5.91 Å². The smallest absolute Gasteiger partial charge is 0.227 e. The highest BCUT2D eigenvalue weighted by Crippen LogP contribution is 2.31. The van der Waals surface area contributed by atoms with Crippen molar-refractivity contribution >= 4 is 27.5 Å². The molecule has 20 heavy (non-hydrogen) atoms. The SMILES string of the molecule is CCOC1CCCC1N(C(=O)CC)c1ccc(Br)cc1. The number of rotatable bonds is 5. The highest BCUT2D eigenvalue weighted by molar-refractivity contribution is 9.10. The molecule has 0 aromatic heterocycles. The van der Waals surface area contributed by atoms with Crippen LogP contribution < -0.4 is 4.90 Å². The number of nitrogens with zero attached hydrogens (tertiary/aromatic N) is 1. The molecule has 1 aliphatic carbocycles. The second kappa shape index (κ2) is 7.23. The van der Waals surface area contributed by atoms with Crippen LogP contribution in [0.4, 0.5) is 5.69 Å². The fraction of sp³-hybridized carbons (Fsp3) is 0.562. The molecule has 1 saturated carbocycles. The lowest BCUT2D eigenvalue weighted by molar-refractivity contribution is -0.119. The van der Waals surface area contributed by atoms with Crippen LogP contribution in [0.3, 0.4) is 0 Å². The molecule has 0 spiro atoms. The Bertz CT molecular complexity index is 446. The Hall–Kier alpha value is -0.870. The second-order valence-corrected chi connectivity index (χ2v) is 6.00. The van der Waals surface area contributed by atoms with Crippen molar-refractivity contribution in [2.45, 2.75) is 51.7 Å². The van der Waals surface area contributed by atoms with Crippen LogP contribution in [0.5, 0.6) is 0 Å². The zero-order chi connectivity index (χ0) is 14.5. The number of halogens is 1. The van der Waals surface area contributed by atoms with Gasteiger partial charge in [0.25, 0.3) is 0 Å². The van der Waals surface area contributed by atoms with Crippen LogP contribution in [-0.2, 0) is 9.53 Å². The molecule has 2 atom stereocenters. The summed E-state index contributed by atoms with van der Waals surface area (Å²) < 4.78 is 6.86. The predicted molar refractivity (Wildman–Crippen MR) is 85.0 cm³/mol. The number of amides is 1. The van der Waals surface area contributed by atoms with Crippen LogP contribution >= 0.6 is 15.9 Å². The normalized spacial score (nSPS) is 21.9. The lowest BCUT2D eigenvalue weighted by atomic mass is 10.1. The van der Waals surface area contributed by atoms with Gasteiger partial charge in [0.15, 0.2) is 0 Å². The van der Waals surface area contributed by atoms with Crippen molar-refractivity contribution in [3.05, 3.63) is 28.7 Å². The minimum Gasteiger partial charge on any atom is -0.376 e. The summed E-state index contributed by atoms with van der Waals surface area (Å²) in [5.74, 6) is 0.170. The van der Waals surface area contributed by atoms with Crippen molar-refractivity contribution in [2.24, 2.45) is 0 Å². The predicted octanol–water partition coefficient (Wildman–Crippen LogP) is 4.15. The molecule has 1 fully saturated rings. The number of benzene rings is 1. The van der Waals surface area contributed by atoms with Gasteiger partial charge in [0.05, 0.1) is 12.1 Å². The summed E-state index contributed by atoms with van der Waals surface area (Å²) in [6.07, 6.45) is 3.87. The summed E-state index contributed by atoms with van der Waals surface area (Å²) >= 11 is 3.44. The third-order valence-corrected chi connectivity index (χ3v) is 4.33. The molecule has 0 saturated heterocycles. The van der Waals surface area contributed by atoms with Crippen molar-refractivity contribution < 1.29 is 9.53 Å². The van der Waals surface area contributed by atoms with E-state index in [1.165, 1.54) is 0 Å². The van der Waals surface area contributed by atoms with Gasteiger partial charge in [0, 0.05) is 23.2 Å². The van der Waals surface area contributed by atoms with Gasteiger partial charge in [-0.25, -0.2) is 0 Å². The van der Waals surface area contributed by atoms with Crippen LogP contribution in [0.15, 0.2) is 28.7 Å². The number of hydrogen-bond acceptors (Lipinski definition) is 2. The zero-order valence-corrected chi connectivity index (χ0v) is 13.7. The van der Waals surface area contributed by atoms with Gasteiger partial charge >= 0.3 is 0 Å². The number of hydrogen-bond donors (Lipinski definition) is 0. The standard InChI is InChI=1S/C16H22BrNO2/c1-3-16(19)18(13-10-8-12(17)9-11-13)14-6-5-7-15(14)20-4-2/h8-11,14-15H,3-7H2,1-2H3. The van der Waals surface area contributed by atoms with Gasteiger partial charge in [-0.1, -0.05) is 22.9 Å². The van der Waals surface area contributed by atoms with Gasteiger partial charge < -0.3 is 9.64 Å². The third-order valence-electron chi connectivity index (χ3n) is 3.81. The quantitative estimate of drug-likeness (QED) is 0.806. The van der Waals surface area contributed by atoms with Gasteiger partial charge in [0.1, 0.15) is 0 Å². The average Bonchev–Trinajstić information content (AvgIpc) is 2.89. The molecule has 1 aromatic rings. The van der Waals surface area contributed by atoms with Gasteiger partial charge in [-0.15, -0.1) is 0 Å². The van der Waals surface area contributed by atoms with E-state index in [0.717, 1.165) is 29.4 Å². The Kier molecular flexibility index (Phi) is 5.61. The number of ether oxygens (including phenoxy) is 1. The van der Waals surface area contributed by atoms with E-state index in [4.69, 9.17) is 4.74 Å². The monoisotopic (exact) mass is 339 g/mol. The van der Waals surface area contributed by atoms with E-state index >= 15 is 0 Å². The van der Waals surface area contributed by atoms with Crippen molar-refractivity contribution in [3.63, 3.8) is 0 Å². The van der Waals surface area contributed by atoms with E-state index in [-0.39, 0.29) is 18.1 Å². The van der Waals surface area contributed by atoms with Crippen LogP contribution in [0.2, 0.25) is 0 Å². The first-order valence-electron chi connectivity index (χ1n) is 7.36. The minimum atomic E-state index is 0.166. The Balaban J connectivity index is 2.27. The van der Waals surface area contributed by atoms with Crippen LogP contribution in [0.25, 0.3) is 0 Å². The fourth-order valence-corrected chi connectivity index (χ4v) is 3.17. The molecule has 1 aromatic carbocycles. The van der Waals surface area contributed by atoms with E-state index < -0.39 is 0 Å². The number of carbonyl (C=O) groups is 1. The first kappa shape index (κ1) is 15.5. The molecule has 0 aliphatic heterocycles. The fourth-order valence-electron chi connectivity index (χ4n) is 2.90. The molecule has 1 amide bonds. The molecule has 0 bridgehead atoms. The van der Waals surface area contributed by atoms with Crippen molar-refractivity contribution in [2.75, 3.05) is 11.5 Å². The highest BCUT2D eigenvalue weighted by Gasteiger charge is 2.35. The first-order chi connectivity index (χ1) is 9.67. The minimum absolute atomic E-state index is 0.166. The van der Waals surface area contributed by atoms with Crippen molar-refractivity contribution in [3.8, 4) is 0 Å². The zero-order valence-electron chi connectivity index (χ0n) is 12.1. The Morgan fingerprint density at radius 1 is 1.30 bits per heavy atom. The maximum atomic E-state index is 12.4. The van der Waals surface area contributed by atoms with Crippen LogP contribution in [0.1, 0.15) is 39.5 Å². The maximum Gasteiger partial charge on any atom is 0.227 e. The molecule has 0 heterocycles. The molecule has 0 N–H and O–H groups in total. The molecular weight excluding hydrogens is 318 g/mol. The van der Waals surface area contributed by atoms with E-state index in [1.807, 2.05) is 43.0 Å². The van der Waals surface area contributed by atoms with E-state index in [9.17, 15) is 4.79 Å². The van der Waals surface area contributed by atoms with Crippen LogP contribution in [0, 0.1) is 0 Å². The largest absolute Gasteiger partial charge is 0.376 e. The molecule has 3 nitrogen and oxygen atoms in total. The lowest BCUT2D eigenvalue weighted by Gasteiger charge is -2.33. The van der Waals surface area contributed by atoms with Gasteiger partial charge in [-0.05, 0) is 50.5 Å². The van der Waals surface area contributed by atoms with E-state index in [2.05, 4.69) is 15.9 Å². The summed E-state index contributed by atoms with van der Waals surface area (Å²) in [5.41, 5.74) is 0.969. The molecule has 1 aliphatic rings. The Labute approximate surface area is 129 Å². The van der Waals surface area contributed by atoms with Crippen LogP contribution in [-0.4, -0.2) is 24.7 Å². The molecule has 2 unspecified atom stereocenters. The van der Waals surface area contributed by atoms with E-state index in [1.54, 1.807) is 0 Å². The lowest BCUT2D eigenvalue weighted by Crippen LogP contribution is -2.45. The summed E-state index contributed by atoms with van der Waals surface area (Å²) in [6.45, 7) is 4.63. The topological polar surface area (TPSA) is 29.5 Å². The highest BCUT2D eigenvalue weighted by atomic mass is 79.9. The molecule has 110 valence electrons. The molecule has 2 rings (SSSR count). The average molecular weight is 340 g/mol. The van der Waals surface area contributed by atoms with Crippen molar-refractivity contribution in [1.29, 1.82) is 0 Å². The molecular formula is C16H22BrNO2. The molecule has 0 radical (unpaired) electrons. The summed E-state index contributed by atoms with van der Waals surface area (Å²) in [5, 5.41) is 0. The summed E-state index contributed by atoms with van der Waals surface area (Å²) in [7, 11) is 0. The van der Waals surface area contributed by atoms with Gasteiger partial charge in [-0.3, -0.25) is 4.79 Å². The Morgan fingerprint density at radius 3 is 2.60 bits per heavy atom.